The van der Waals surface area contributed by atoms with Gasteiger partial charge in [-0.2, -0.15) is 5.10 Å². The number of halogens is 1. The summed E-state index contributed by atoms with van der Waals surface area (Å²) in [7, 11) is 1.94. The average Bonchev–Trinajstić information content (AvgIpc) is 2.62. The Morgan fingerprint density at radius 3 is 2.75 bits per heavy atom. The quantitative estimate of drug-likeness (QED) is 0.875. The summed E-state index contributed by atoms with van der Waals surface area (Å²) in [5, 5.41) is 7.63. The van der Waals surface area contributed by atoms with E-state index in [9.17, 15) is 0 Å². The van der Waals surface area contributed by atoms with Crippen molar-refractivity contribution in [2.24, 2.45) is 0 Å². The summed E-state index contributed by atoms with van der Waals surface area (Å²) in [4.78, 5) is 0. The van der Waals surface area contributed by atoms with E-state index >= 15 is 0 Å². The molecule has 0 bridgehead atoms. The van der Waals surface area contributed by atoms with Crippen LogP contribution < -0.4 is 5.32 Å². The first-order chi connectivity index (χ1) is 7.61. The van der Waals surface area contributed by atoms with Gasteiger partial charge in [-0.1, -0.05) is 0 Å². The summed E-state index contributed by atoms with van der Waals surface area (Å²) < 4.78 is 8.52. The average molecular weight is 290 g/mol. The smallest absolute Gasteiger partial charge is 0.0738 e. The first-order valence-electron chi connectivity index (χ1n) is 5.59. The molecule has 4 nitrogen and oxygen atoms in total. The predicted molar refractivity (Wildman–Crippen MR) is 68.6 cm³/mol. The third-order valence-electron chi connectivity index (χ3n) is 2.44. The summed E-state index contributed by atoms with van der Waals surface area (Å²) in [6.45, 7) is 7.63. The minimum absolute atomic E-state index is 0.166. The van der Waals surface area contributed by atoms with Gasteiger partial charge in [0, 0.05) is 12.6 Å². The molecule has 1 atom stereocenters. The van der Waals surface area contributed by atoms with Crippen molar-refractivity contribution in [2.45, 2.75) is 32.9 Å². The number of nitrogens with zero attached hydrogens (tertiary/aromatic N) is 2. The van der Waals surface area contributed by atoms with E-state index in [0.717, 1.165) is 16.8 Å². The highest BCUT2D eigenvalue weighted by Gasteiger charge is 2.20. The van der Waals surface area contributed by atoms with Crippen LogP contribution in [0.3, 0.4) is 0 Å². The second-order valence-electron chi connectivity index (χ2n) is 3.92. The highest BCUT2D eigenvalue weighted by molar-refractivity contribution is 9.10. The molecular weight excluding hydrogens is 270 g/mol. The Hall–Kier alpha value is -0.390. The van der Waals surface area contributed by atoms with E-state index in [1.54, 1.807) is 0 Å². The van der Waals surface area contributed by atoms with Gasteiger partial charge < -0.3 is 10.1 Å². The molecule has 0 aliphatic carbocycles. The van der Waals surface area contributed by atoms with E-state index in [-0.39, 0.29) is 6.04 Å². The standard InChI is InChI=1S/C11H20BrN3O/c1-5-16-7-10(13-4)11-9(12)6-14-15(11)8(2)3/h6,8,10,13H,5,7H2,1-4H3. The van der Waals surface area contributed by atoms with Gasteiger partial charge in [-0.3, -0.25) is 4.68 Å². The SMILES string of the molecule is CCOCC(NC)c1c(Br)cnn1C(C)C. The minimum Gasteiger partial charge on any atom is -0.380 e. The van der Waals surface area contributed by atoms with Crippen LogP contribution in [0, 0.1) is 0 Å². The lowest BCUT2D eigenvalue weighted by molar-refractivity contribution is 0.122. The normalized spacial score (nSPS) is 13.4. The van der Waals surface area contributed by atoms with Gasteiger partial charge in [0.25, 0.3) is 0 Å². The molecule has 1 unspecified atom stereocenters. The third-order valence-corrected chi connectivity index (χ3v) is 3.05. The molecule has 1 rings (SSSR count). The summed E-state index contributed by atoms with van der Waals surface area (Å²) in [6.07, 6.45) is 1.84. The van der Waals surface area contributed by atoms with Crippen molar-refractivity contribution in [3.8, 4) is 0 Å². The minimum atomic E-state index is 0.166. The van der Waals surface area contributed by atoms with Crippen molar-refractivity contribution in [3.63, 3.8) is 0 Å². The second kappa shape index (κ2) is 6.37. The maximum absolute atomic E-state index is 5.48. The Kier molecular flexibility index (Phi) is 5.44. The molecule has 0 saturated heterocycles. The van der Waals surface area contributed by atoms with Crippen molar-refractivity contribution < 1.29 is 4.74 Å². The van der Waals surface area contributed by atoms with Crippen LogP contribution >= 0.6 is 15.9 Å². The first-order valence-corrected chi connectivity index (χ1v) is 6.39. The largest absolute Gasteiger partial charge is 0.380 e. The van der Waals surface area contributed by atoms with E-state index < -0.39 is 0 Å². The highest BCUT2D eigenvalue weighted by atomic mass is 79.9. The summed E-state index contributed by atoms with van der Waals surface area (Å²) in [6, 6.07) is 0.512. The molecule has 92 valence electrons. The lowest BCUT2D eigenvalue weighted by Crippen LogP contribution is -2.26. The zero-order valence-electron chi connectivity index (χ0n) is 10.3. The lowest BCUT2D eigenvalue weighted by atomic mass is 10.2. The summed E-state index contributed by atoms with van der Waals surface area (Å²) in [5.74, 6) is 0. The van der Waals surface area contributed by atoms with Gasteiger partial charge in [-0.05, 0) is 43.7 Å². The second-order valence-corrected chi connectivity index (χ2v) is 4.77. The molecule has 1 heterocycles. The fourth-order valence-electron chi connectivity index (χ4n) is 1.62. The van der Waals surface area contributed by atoms with Crippen molar-refractivity contribution in [2.75, 3.05) is 20.3 Å². The van der Waals surface area contributed by atoms with E-state index in [4.69, 9.17) is 4.74 Å². The topological polar surface area (TPSA) is 39.1 Å². The molecule has 1 aromatic heterocycles. The molecule has 5 heteroatoms. The fraction of sp³-hybridized carbons (Fsp3) is 0.727. The molecular formula is C11H20BrN3O. The Balaban J connectivity index is 2.93. The van der Waals surface area contributed by atoms with Gasteiger partial charge in [-0.15, -0.1) is 0 Å². The molecule has 0 amide bonds. The Morgan fingerprint density at radius 1 is 1.56 bits per heavy atom. The third kappa shape index (κ3) is 3.06. The maximum Gasteiger partial charge on any atom is 0.0738 e. The van der Waals surface area contributed by atoms with E-state index in [0.29, 0.717) is 12.6 Å². The molecule has 0 spiro atoms. The number of likely N-dealkylation sites (N-methyl/N-ethyl adjacent to an activating group) is 1. The highest BCUT2D eigenvalue weighted by Crippen LogP contribution is 2.25. The summed E-state index contributed by atoms with van der Waals surface area (Å²) >= 11 is 3.54. The first kappa shape index (κ1) is 13.7. The lowest BCUT2D eigenvalue weighted by Gasteiger charge is -2.20. The Labute approximate surface area is 105 Å². The van der Waals surface area contributed by atoms with Gasteiger partial charge in [0.2, 0.25) is 0 Å². The number of nitrogens with one attached hydrogen (secondary N) is 1. The number of ether oxygens (including phenoxy) is 1. The van der Waals surface area contributed by atoms with Crippen LogP contribution in [0.5, 0.6) is 0 Å². The molecule has 0 fully saturated rings. The van der Waals surface area contributed by atoms with Crippen molar-refractivity contribution >= 4 is 15.9 Å². The molecule has 0 radical (unpaired) electrons. The van der Waals surface area contributed by atoms with E-state index in [1.165, 1.54) is 0 Å². The number of hydrogen-bond donors (Lipinski definition) is 1. The Morgan fingerprint density at radius 2 is 2.25 bits per heavy atom. The van der Waals surface area contributed by atoms with Crippen LogP contribution in [0.2, 0.25) is 0 Å². The van der Waals surface area contributed by atoms with Crippen molar-refractivity contribution in [1.82, 2.24) is 15.1 Å². The van der Waals surface area contributed by atoms with Crippen LogP contribution in [0.1, 0.15) is 38.5 Å². The van der Waals surface area contributed by atoms with Crippen LogP contribution in [0.15, 0.2) is 10.7 Å². The maximum atomic E-state index is 5.48. The molecule has 0 saturated carbocycles. The summed E-state index contributed by atoms with van der Waals surface area (Å²) in [5.41, 5.74) is 1.14. The monoisotopic (exact) mass is 289 g/mol. The zero-order valence-corrected chi connectivity index (χ0v) is 11.9. The molecule has 0 aliphatic heterocycles. The molecule has 1 N–H and O–H groups in total. The van der Waals surface area contributed by atoms with Gasteiger partial charge >= 0.3 is 0 Å². The molecule has 1 aromatic rings. The fourth-order valence-corrected chi connectivity index (χ4v) is 2.17. The molecule has 16 heavy (non-hydrogen) atoms. The molecule has 0 aromatic carbocycles. The van der Waals surface area contributed by atoms with Gasteiger partial charge in [0.1, 0.15) is 0 Å². The van der Waals surface area contributed by atoms with Gasteiger partial charge in [-0.25, -0.2) is 0 Å². The number of aromatic nitrogens is 2. The number of rotatable bonds is 6. The Bertz CT molecular complexity index is 325. The van der Waals surface area contributed by atoms with Gasteiger partial charge in [0.15, 0.2) is 0 Å². The number of hydrogen-bond acceptors (Lipinski definition) is 3. The van der Waals surface area contributed by atoms with Crippen LogP contribution in [-0.4, -0.2) is 30.0 Å². The van der Waals surface area contributed by atoms with Crippen LogP contribution in [0.4, 0.5) is 0 Å². The van der Waals surface area contributed by atoms with E-state index in [2.05, 4.69) is 40.2 Å². The molecule has 0 aliphatic rings. The van der Waals surface area contributed by atoms with Crippen LogP contribution in [0.25, 0.3) is 0 Å². The zero-order chi connectivity index (χ0) is 12.1. The van der Waals surface area contributed by atoms with Crippen molar-refractivity contribution in [1.29, 1.82) is 0 Å². The van der Waals surface area contributed by atoms with E-state index in [1.807, 2.05) is 24.9 Å². The predicted octanol–water partition coefficient (Wildman–Crippen LogP) is 2.52. The van der Waals surface area contributed by atoms with Gasteiger partial charge in [0.05, 0.1) is 29.0 Å². The van der Waals surface area contributed by atoms with Crippen molar-refractivity contribution in [3.05, 3.63) is 16.4 Å². The van der Waals surface area contributed by atoms with Crippen LogP contribution in [-0.2, 0) is 4.74 Å².